The molecule has 0 fully saturated rings. The van der Waals surface area contributed by atoms with Crippen LogP contribution in [0.15, 0.2) is 35.7 Å². The minimum atomic E-state index is 0.406. The van der Waals surface area contributed by atoms with Crippen molar-refractivity contribution in [3.05, 3.63) is 46.3 Å². The maximum Gasteiger partial charge on any atom is 0.223 e. The molecule has 5 heteroatoms. The number of hydrogen-bond acceptors (Lipinski definition) is 4. The average molecular weight is 259 g/mol. The number of rotatable bonds is 1. The van der Waals surface area contributed by atoms with E-state index >= 15 is 0 Å². The van der Waals surface area contributed by atoms with E-state index < -0.39 is 0 Å². The van der Waals surface area contributed by atoms with Gasteiger partial charge in [0.25, 0.3) is 0 Å². The number of nitrogens with zero attached hydrogens (tertiary/aromatic N) is 3. The molecule has 0 atom stereocenters. The van der Waals surface area contributed by atoms with Gasteiger partial charge in [0.2, 0.25) is 4.77 Å². The lowest BCUT2D eigenvalue weighted by atomic mass is 10.2. The Morgan fingerprint density at radius 3 is 2.71 bits per heavy atom. The van der Waals surface area contributed by atoms with Gasteiger partial charge in [-0.05, 0) is 24.7 Å². The first kappa shape index (κ1) is 10.6. The second kappa shape index (κ2) is 4.01. The summed E-state index contributed by atoms with van der Waals surface area (Å²) in [7, 11) is 0. The van der Waals surface area contributed by atoms with Crippen molar-refractivity contribution < 1.29 is 0 Å². The van der Waals surface area contributed by atoms with Gasteiger partial charge in [0.1, 0.15) is 5.82 Å². The molecule has 2 aromatic heterocycles. The molecular weight excluding hydrogens is 250 g/mol. The average Bonchev–Trinajstić information content (AvgIpc) is 2.74. The topological polar surface area (TPSA) is 30.2 Å². The first-order valence-electron chi connectivity index (χ1n) is 5.16. The van der Waals surface area contributed by atoms with Crippen molar-refractivity contribution in [3.8, 4) is 11.3 Å². The van der Waals surface area contributed by atoms with Crippen LogP contribution in [0.4, 0.5) is 0 Å². The largest absolute Gasteiger partial charge is 0.272 e. The van der Waals surface area contributed by atoms with Crippen LogP contribution in [0.2, 0.25) is 0 Å². The molecule has 0 amide bonds. The van der Waals surface area contributed by atoms with E-state index in [-0.39, 0.29) is 0 Å². The number of thiazole rings is 1. The molecule has 0 spiro atoms. The van der Waals surface area contributed by atoms with Gasteiger partial charge in [-0.2, -0.15) is 4.98 Å². The van der Waals surface area contributed by atoms with Crippen molar-refractivity contribution >= 4 is 28.5 Å². The molecule has 0 radical (unpaired) electrons. The Hall–Kier alpha value is -1.59. The molecule has 0 aliphatic heterocycles. The molecular formula is C12H9N3S2. The minimum Gasteiger partial charge on any atom is -0.272 e. The Kier molecular flexibility index (Phi) is 2.49. The zero-order valence-corrected chi connectivity index (χ0v) is 10.8. The van der Waals surface area contributed by atoms with Crippen LogP contribution in [0.25, 0.3) is 16.2 Å². The Balaban J connectivity index is 2.36. The van der Waals surface area contributed by atoms with Crippen LogP contribution < -0.4 is 0 Å². The monoisotopic (exact) mass is 259 g/mol. The first-order valence-corrected chi connectivity index (χ1v) is 6.45. The quantitative estimate of drug-likeness (QED) is 0.627. The molecule has 1 aromatic carbocycles. The summed E-state index contributed by atoms with van der Waals surface area (Å²) < 4.78 is 2.44. The smallest absolute Gasteiger partial charge is 0.223 e. The predicted molar refractivity (Wildman–Crippen MR) is 71.9 cm³/mol. The van der Waals surface area contributed by atoms with E-state index in [4.69, 9.17) is 12.2 Å². The first-order chi connectivity index (χ1) is 8.25. The van der Waals surface area contributed by atoms with Gasteiger partial charge in [-0.25, -0.2) is 4.98 Å². The molecule has 0 saturated carbocycles. The third-order valence-corrected chi connectivity index (χ3v) is 3.56. The highest BCUT2D eigenvalue weighted by atomic mass is 32.1. The van der Waals surface area contributed by atoms with Gasteiger partial charge >= 0.3 is 0 Å². The van der Waals surface area contributed by atoms with Gasteiger partial charge in [-0.1, -0.05) is 30.3 Å². The second-order valence-corrected chi connectivity index (χ2v) is 4.86. The third kappa shape index (κ3) is 1.77. The summed E-state index contributed by atoms with van der Waals surface area (Å²) in [5.41, 5.74) is 2.27. The molecule has 17 heavy (non-hydrogen) atoms. The van der Waals surface area contributed by atoms with Crippen molar-refractivity contribution in [1.29, 1.82) is 0 Å². The molecule has 0 saturated heterocycles. The van der Waals surface area contributed by atoms with Gasteiger partial charge in [-0.15, -0.1) is 11.3 Å². The van der Waals surface area contributed by atoms with E-state index in [9.17, 15) is 0 Å². The maximum absolute atomic E-state index is 5.02. The Morgan fingerprint density at radius 2 is 1.94 bits per heavy atom. The molecule has 3 aromatic rings. The summed E-state index contributed by atoms with van der Waals surface area (Å²) in [5.74, 6) is 0.875. The number of fused-ring (bicyclic) bond motifs is 1. The van der Waals surface area contributed by atoms with E-state index in [0.29, 0.717) is 4.77 Å². The lowest BCUT2D eigenvalue weighted by Crippen LogP contribution is -1.99. The van der Waals surface area contributed by atoms with Crippen LogP contribution in [0, 0.1) is 11.7 Å². The molecule has 3 rings (SSSR count). The molecule has 0 aliphatic rings. The summed E-state index contributed by atoms with van der Waals surface area (Å²) in [6.45, 7) is 1.95. The Labute approximate surface area is 107 Å². The van der Waals surface area contributed by atoms with Crippen molar-refractivity contribution in [1.82, 2.24) is 14.4 Å². The summed E-state index contributed by atoms with van der Waals surface area (Å²) in [5, 5.41) is 2.08. The van der Waals surface area contributed by atoms with Crippen LogP contribution in [-0.2, 0) is 0 Å². The van der Waals surface area contributed by atoms with Gasteiger partial charge in [0.05, 0.1) is 5.69 Å². The predicted octanol–water partition coefficient (Wildman–Crippen LogP) is 3.50. The number of hydrogen-bond donors (Lipinski definition) is 0. The Morgan fingerprint density at radius 1 is 1.18 bits per heavy atom. The van der Waals surface area contributed by atoms with E-state index in [1.807, 2.05) is 29.5 Å². The Bertz CT molecular complexity index is 728. The number of aromatic nitrogens is 3. The van der Waals surface area contributed by atoms with Crippen molar-refractivity contribution in [2.45, 2.75) is 6.92 Å². The van der Waals surface area contributed by atoms with Crippen LogP contribution in [-0.4, -0.2) is 14.4 Å². The van der Waals surface area contributed by atoms with Crippen LogP contribution in [0.5, 0.6) is 0 Å². The van der Waals surface area contributed by atoms with E-state index in [2.05, 4.69) is 27.5 Å². The highest BCUT2D eigenvalue weighted by Gasteiger charge is 2.08. The molecule has 2 heterocycles. The van der Waals surface area contributed by atoms with Gasteiger partial charge in [0.15, 0.2) is 4.96 Å². The standard InChI is InChI=1S/C12H9N3S2/c1-8-13-11(16)14-12-15(8)10(7-17-12)9-5-3-2-4-6-9/h2-7H,1H3. The lowest BCUT2D eigenvalue weighted by Gasteiger charge is -2.03. The fourth-order valence-corrected chi connectivity index (χ4v) is 3.02. The van der Waals surface area contributed by atoms with Crippen molar-refractivity contribution in [2.75, 3.05) is 0 Å². The normalized spacial score (nSPS) is 10.9. The molecule has 3 nitrogen and oxygen atoms in total. The number of aryl methyl sites for hydroxylation is 1. The zero-order valence-electron chi connectivity index (χ0n) is 9.12. The highest BCUT2D eigenvalue weighted by Crippen LogP contribution is 2.25. The summed E-state index contributed by atoms with van der Waals surface area (Å²) in [4.78, 5) is 9.39. The molecule has 0 aliphatic carbocycles. The summed E-state index contributed by atoms with van der Waals surface area (Å²) in [6.07, 6.45) is 0. The fourth-order valence-electron chi connectivity index (χ4n) is 1.81. The van der Waals surface area contributed by atoms with Crippen LogP contribution in [0.3, 0.4) is 0 Å². The van der Waals surface area contributed by atoms with E-state index in [1.54, 1.807) is 11.3 Å². The van der Waals surface area contributed by atoms with Gasteiger partial charge < -0.3 is 0 Å². The SMILES string of the molecule is Cc1nc(=S)nc2scc(-c3ccccc3)n12. The maximum atomic E-state index is 5.02. The third-order valence-electron chi connectivity index (χ3n) is 2.55. The van der Waals surface area contributed by atoms with Crippen molar-refractivity contribution in [2.24, 2.45) is 0 Å². The minimum absolute atomic E-state index is 0.406. The summed E-state index contributed by atoms with van der Waals surface area (Å²) in [6, 6.07) is 10.2. The van der Waals surface area contributed by atoms with Gasteiger partial charge in [-0.3, -0.25) is 4.40 Å². The highest BCUT2D eigenvalue weighted by molar-refractivity contribution is 7.71. The van der Waals surface area contributed by atoms with Gasteiger partial charge in [0, 0.05) is 5.38 Å². The fraction of sp³-hybridized carbons (Fsp3) is 0.0833. The molecule has 0 N–H and O–H groups in total. The second-order valence-electron chi connectivity index (χ2n) is 3.66. The lowest BCUT2D eigenvalue weighted by molar-refractivity contribution is 0.942. The number of benzene rings is 1. The van der Waals surface area contributed by atoms with E-state index in [1.165, 1.54) is 0 Å². The molecule has 0 unspecified atom stereocenters. The molecule has 0 bridgehead atoms. The van der Waals surface area contributed by atoms with Crippen LogP contribution in [0.1, 0.15) is 5.82 Å². The zero-order chi connectivity index (χ0) is 11.8. The van der Waals surface area contributed by atoms with E-state index in [0.717, 1.165) is 22.0 Å². The van der Waals surface area contributed by atoms with Crippen molar-refractivity contribution in [3.63, 3.8) is 0 Å². The molecule has 84 valence electrons. The summed E-state index contributed by atoms with van der Waals surface area (Å²) >= 11 is 6.61. The van der Waals surface area contributed by atoms with Crippen LogP contribution >= 0.6 is 23.6 Å².